The van der Waals surface area contributed by atoms with Crippen molar-refractivity contribution in [3.63, 3.8) is 0 Å². The van der Waals surface area contributed by atoms with Crippen LogP contribution in [0.4, 0.5) is 5.69 Å². The Kier molecular flexibility index (Phi) is 4.71. The summed E-state index contributed by atoms with van der Waals surface area (Å²) in [6.07, 6.45) is 1.81. The van der Waals surface area contributed by atoms with Gasteiger partial charge in [0, 0.05) is 30.9 Å². The maximum atomic E-state index is 9.89. The second-order valence-electron chi connectivity index (χ2n) is 6.98. The summed E-state index contributed by atoms with van der Waals surface area (Å²) in [6.45, 7) is 11.4. The van der Waals surface area contributed by atoms with Crippen molar-refractivity contribution in [1.29, 1.82) is 0 Å². The molecule has 1 aliphatic rings. The summed E-state index contributed by atoms with van der Waals surface area (Å²) < 4.78 is 0. The summed E-state index contributed by atoms with van der Waals surface area (Å²) >= 11 is 0. The summed E-state index contributed by atoms with van der Waals surface area (Å²) in [5, 5.41) is 13.5. The van der Waals surface area contributed by atoms with E-state index in [0.717, 1.165) is 32.5 Å². The van der Waals surface area contributed by atoms with E-state index in [1.54, 1.807) is 0 Å². The highest BCUT2D eigenvalue weighted by molar-refractivity contribution is 5.55. The quantitative estimate of drug-likeness (QED) is 0.891. The predicted octanol–water partition coefficient (Wildman–Crippen LogP) is 2.84. The molecule has 0 spiro atoms. The highest BCUT2D eigenvalue weighted by atomic mass is 16.3. The molecule has 1 aromatic rings. The van der Waals surface area contributed by atoms with Gasteiger partial charge in [-0.1, -0.05) is 17.7 Å². The fraction of sp³-hybridized carbons (Fsp3) is 0.647. The molecule has 0 radical (unpaired) electrons. The van der Waals surface area contributed by atoms with Crippen molar-refractivity contribution in [3.05, 3.63) is 29.3 Å². The molecule has 0 aromatic heterocycles. The van der Waals surface area contributed by atoms with Gasteiger partial charge in [0.1, 0.15) is 0 Å². The summed E-state index contributed by atoms with van der Waals surface area (Å²) in [5.74, 6) is 0. The van der Waals surface area contributed by atoms with Gasteiger partial charge < -0.3 is 15.3 Å². The van der Waals surface area contributed by atoms with Gasteiger partial charge in [0.25, 0.3) is 0 Å². The average molecular weight is 276 g/mol. The molecule has 112 valence electrons. The van der Waals surface area contributed by atoms with Gasteiger partial charge >= 0.3 is 0 Å². The Morgan fingerprint density at radius 3 is 2.75 bits per heavy atom. The number of hydrogen-bond acceptors (Lipinski definition) is 3. The van der Waals surface area contributed by atoms with Crippen LogP contribution in [0.5, 0.6) is 0 Å². The number of piperidine rings is 1. The largest absolute Gasteiger partial charge is 0.391 e. The SMILES string of the molecule is Cc1ccc(N2CCCC(O)C2)c(CNC(C)(C)C)c1. The van der Waals surface area contributed by atoms with Crippen LogP contribution >= 0.6 is 0 Å². The van der Waals surface area contributed by atoms with Crippen molar-refractivity contribution in [2.45, 2.75) is 58.7 Å². The first kappa shape index (κ1) is 15.3. The fourth-order valence-corrected chi connectivity index (χ4v) is 2.70. The zero-order valence-electron chi connectivity index (χ0n) is 13.2. The van der Waals surface area contributed by atoms with Crippen LogP contribution in [-0.4, -0.2) is 29.8 Å². The predicted molar refractivity (Wildman–Crippen MR) is 85.2 cm³/mol. The van der Waals surface area contributed by atoms with Crippen LogP contribution in [0.3, 0.4) is 0 Å². The Bertz CT molecular complexity index is 451. The molecule has 1 aliphatic heterocycles. The third kappa shape index (κ3) is 4.22. The number of β-amino-alcohol motifs (C(OH)–C–C–N with tert-alkyl or cyclic N) is 1. The Morgan fingerprint density at radius 2 is 2.10 bits per heavy atom. The number of anilines is 1. The Balaban J connectivity index is 2.18. The van der Waals surface area contributed by atoms with Crippen LogP contribution in [-0.2, 0) is 6.54 Å². The van der Waals surface area contributed by atoms with Gasteiger partial charge in [-0.05, 0) is 52.2 Å². The number of hydrogen-bond donors (Lipinski definition) is 2. The van der Waals surface area contributed by atoms with Gasteiger partial charge in [0.15, 0.2) is 0 Å². The standard InChI is InChI=1S/C17H28N2O/c1-13-7-8-16(19-9-5-6-15(20)12-19)14(10-13)11-18-17(2,3)4/h7-8,10,15,18,20H,5-6,9,11-12H2,1-4H3. The summed E-state index contributed by atoms with van der Waals surface area (Å²) in [7, 11) is 0. The van der Waals surface area contributed by atoms with E-state index >= 15 is 0 Å². The normalized spacial score (nSPS) is 20.2. The van der Waals surface area contributed by atoms with Crippen molar-refractivity contribution < 1.29 is 5.11 Å². The molecule has 1 unspecified atom stereocenters. The van der Waals surface area contributed by atoms with Crippen molar-refractivity contribution in [2.75, 3.05) is 18.0 Å². The van der Waals surface area contributed by atoms with Gasteiger partial charge in [-0.2, -0.15) is 0 Å². The Labute approximate surface area is 123 Å². The molecule has 2 rings (SSSR count). The molecule has 20 heavy (non-hydrogen) atoms. The van der Waals surface area contributed by atoms with Crippen LogP contribution < -0.4 is 10.2 Å². The first-order chi connectivity index (χ1) is 9.35. The molecule has 1 saturated heterocycles. The highest BCUT2D eigenvalue weighted by Crippen LogP contribution is 2.26. The van der Waals surface area contributed by atoms with Crippen molar-refractivity contribution in [2.24, 2.45) is 0 Å². The number of aliphatic hydroxyl groups is 1. The van der Waals surface area contributed by atoms with Crippen molar-refractivity contribution in [1.82, 2.24) is 5.32 Å². The summed E-state index contributed by atoms with van der Waals surface area (Å²) in [5.41, 5.74) is 4.00. The van der Waals surface area contributed by atoms with E-state index in [-0.39, 0.29) is 11.6 Å². The van der Waals surface area contributed by atoms with Gasteiger partial charge in [0.05, 0.1) is 6.10 Å². The molecule has 0 saturated carbocycles. The molecule has 1 heterocycles. The molecule has 3 nitrogen and oxygen atoms in total. The second-order valence-corrected chi connectivity index (χ2v) is 6.98. The van der Waals surface area contributed by atoms with E-state index in [2.05, 4.69) is 56.1 Å². The molecule has 0 bridgehead atoms. The number of aryl methyl sites for hydroxylation is 1. The van der Waals surface area contributed by atoms with E-state index < -0.39 is 0 Å². The molecular weight excluding hydrogens is 248 g/mol. The maximum absolute atomic E-state index is 9.89. The van der Waals surface area contributed by atoms with Gasteiger partial charge in [-0.25, -0.2) is 0 Å². The summed E-state index contributed by atoms with van der Waals surface area (Å²) in [4.78, 5) is 2.33. The molecule has 0 aliphatic carbocycles. The molecule has 2 N–H and O–H groups in total. The zero-order valence-corrected chi connectivity index (χ0v) is 13.2. The lowest BCUT2D eigenvalue weighted by Crippen LogP contribution is -2.40. The summed E-state index contributed by atoms with van der Waals surface area (Å²) in [6, 6.07) is 6.62. The van der Waals surface area contributed by atoms with Crippen LogP contribution in [0.25, 0.3) is 0 Å². The molecule has 1 atom stereocenters. The van der Waals surface area contributed by atoms with Gasteiger partial charge in [0.2, 0.25) is 0 Å². The van der Waals surface area contributed by atoms with Crippen LogP contribution in [0.15, 0.2) is 18.2 Å². The molecule has 0 amide bonds. The van der Waals surface area contributed by atoms with Gasteiger partial charge in [-0.3, -0.25) is 0 Å². The maximum Gasteiger partial charge on any atom is 0.0715 e. The zero-order chi connectivity index (χ0) is 14.8. The number of aliphatic hydroxyl groups excluding tert-OH is 1. The number of nitrogens with one attached hydrogen (secondary N) is 1. The van der Waals surface area contributed by atoms with E-state index in [9.17, 15) is 5.11 Å². The Morgan fingerprint density at radius 1 is 1.35 bits per heavy atom. The first-order valence-electron chi connectivity index (χ1n) is 7.63. The fourth-order valence-electron chi connectivity index (χ4n) is 2.70. The molecule has 3 heteroatoms. The monoisotopic (exact) mass is 276 g/mol. The van der Waals surface area contributed by atoms with E-state index in [4.69, 9.17) is 0 Å². The van der Waals surface area contributed by atoms with Crippen LogP contribution in [0.2, 0.25) is 0 Å². The lowest BCUT2D eigenvalue weighted by molar-refractivity contribution is 0.154. The molecule has 1 aromatic carbocycles. The van der Waals surface area contributed by atoms with E-state index in [0.29, 0.717) is 0 Å². The lowest BCUT2D eigenvalue weighted by atomic mass is 10.0. The average Bonchev–Trinajstić information content (AvgIpc) is 2.35. The third-order valence-corrected chi connectivity index (χ3v) is 3.78. The molecule has 1 fully saturated rings. The van der Waals surface area contributed by atoms with Gasteiger partial charge in [-0.15, -0.1) is 0 Å². The number of nitrogens with zero attached hydrogens (tertiary/aromatic N) is 1. The smallest absolute Gasteiger partial charge is 0.0715 e. The minimum Gasteiger partial charge on any atom is -0.391 e. The first-order valence-corrected chi connectivity index (χ1v) is 7.63. The highest BCUT2D eigenvalue weighted by Gasteiger charge is 2.20. The van der Waals surface area contributed by atoms with Crippen LogP contribution in [0, 0.1) is 6.92 Å². The minimum absolute atomic E-state index is 0.114. The van der Waals surface area contributed by atoms with E-state index in [1.807, 2.05) is 0 Å². The van der Waals surface area contributed by atoms with Crippen molar-refractivity contribution in [3.8, 4) is 0 Å². The van der Waals surface area contributed by atoms with Crippen LogP contribution in [0.1, 0.15) is 44.7 Å². The molecular formula is C17H28N2O. The van der Waals surface area contributed by atoms with Crippen molar-refractivity contribution >= 4 is 5.69 Å². The van der Waals surface area contributed by atoms with E-state index in [1.165, 1.54) is 16.8 Å². The lowest BCUT2D eigenvalue weighted by Gasteiger charge is -2.34. The second kappa shape index (κ2) is 6.15. The minimum atomic E-state index is -0.187. The number of benzene rings is 1. The topological polar surface area (TPSA) is 35.5 Å². The third-order valence-electron chi connectivity index (χ3n) is 3.78. The number of rotatable bonds is 3. The Hall–Kier alpha value is -1.06.